The first-order valence-corrected chi connectivity index (χ1v) is 7.18. The summed E-state index contributed by atoms with van der Waals surface area (Å²) >= 11 is 0. The van der Waals surface area contributed by atoms with Gasteiger partial charge in [0.25, 0.3) is 0 Å². The highest BCUT2D eigenvalue weighted by molar-refractivity contribution is 5.68. The van der Waals surface area contributed by atoms with Gasteiger partial charge in [-0.3, -0.25) is 19.2 Å². The van der Waals surface area contributed by atoms with Crippen molar-refractivity contribution in [2.45, 2.75) is 58.3 Å². The van der Waals surface area contributed by atoms with E-state index in [-0.39, 0.29) is 6.61 Å². The highest BCUT2D eigenvalue weighted by atomic mass is 16.7. The van der Waals surface area contributed by atoms with Gasteiger partial charge in [-0.25, -0.2) is 0 Å². The fraction of sp³-hybridized carbons (Fsp3) is 0.714. The molecule has 1 heterocycles. The second-order valence-corrected chi connectivity index (χ2v) is 5.18. The first-order valence-electron chi connectivity index (χ1n) is 7.18. The van der Waals surface area contributed by atoms with Crippen molar-refractivity contribution in [3.05, 3.63) is 0 Å². The van der Waals surface area contributed by atoms with E-state index in [1.165, 1.54) is 6.92 Å². The molecular formula is C14H21NO9. The van der Waals surface area contributed by atoms with E-state index in [0.29, 0.717) is 0 Å². The minimum atomic E-state index is -1.26. The van der Waals surface area contributed by atoms with Crippen LogP contribution in [0.3, 0.4) is 0 Å². The van der Waals surface area contributed by atoms with Gasteiger partial charge < -0.3 is 29.4 Å². The van der Waals surface area contributed by atoms with E-state index < -0.39 is 54.5 Å². The van der Waals surface area contributed by atoms with Crippen LogP contribution in [-0.2, 0) is 42.9 Å². The zero-order chi connectivity index (χ0) is 18.4. The van der Waals surface area contributed by atoms with Gasteiger partial charge in [0.1, 0.15) is 18.8 Å². The van der Waals surface area contributed by atoms with E-state index >= 15 is 0 Å². The molecule has 24 heavy (non-hydrogen) atoms. The molecule has 0 aromatic heterocycles. The van der Waals surface area contributed by atoms with Gasteiger partial charge in [-0.2, -0.15) is 0 Å². The van der Waals surface area contributed by atoms with Crippen LogP contribution in [0.5, 0.6) is 0 Å². The number of rotatable bonds is 5. The number of hydrogen-bond acceptors (Lipinski definition) is 10. The van der Waals surface area contributed by atoms with Crippen molar-refractivity contribution in [2.24, 2.45) is 5.73 Å². The van der Waals surface area contributed by atoms with E-state index in [2.05, 4.69) is 0 Å². The second-order valence-electron chi connectivity index (χ2n) is 5.18. The Hall–Kier alpha value is -2.20. The Morgan fingerprint density at radius 1 is 0.833 bits per heavy atom. The molecule has 1 saturated heterocycles. The van der Waals surface area contributed by atoms with Crippen molar-refractivity contribution in [1.29, 1.82) is 0 Å². The second kappa shape index (κ2) is 8.60. The molecule has 2 N–H and O–H groups in total. The van der Waals surface area contributed by atoms with Crippen LogP contribution in [-0.4, -0.2) is 61.1 Å². The van der Waals surface area contributed by atoms with Gasteiger partial charge in [-0.05, 0) is 0 Å². The quantitative estimate of drug-likeness (QED) is 0.487. The lowest BCUT2D eigenvalue weighted by molar-refractivity contribution is -0.267. The number of carbonyl (C=O) groups excluding carboxylic acids is 4. The van der Waals surface area contributed by atoms with E-state index in [0.717, 1.165) is 20.8 Å². The van der Waals surface area contributed by atoms with Crippen molar-refractivity contribution >= 4 is 23.9 Å². The fourth-order valence-electron chi connectivity index (χ4n) is 2.20. The number of esters is 4. The minimum absolute atomic E-state index is 0.310. The lowest BCUT2D eigenvalue weighted by atomic mass is 9.97. The van der Waals surface area contributed by atoms with Crippen molar-refractivity contribution in [2.75, 3.05) is 6.61 Å². The third kappa shape index (κ3) is 5.78. The number of hydrogen-bond donors (Lipinski definition) is 1. The van der Waals surface area contributed by atoms with Crippen molar-refractivity contribution in [3.8, 4) is 0 Å². The molecular weight excluding hydrogens is 326 g/mol. The molecule has 1 aliphatic heterocycles. The average molecular weight is 347 g/mol. The molecule has 0 spiro atoms. The van der Waals surface area contributed by atoms with E-state index in [9.17, 15) is 19.2 Å². The van der Waals surface area contributed by atoms with Crippen LogP contribution in [0.2, 0.25) is 0 Å². The van der Waals surface area contributed by atoms with Gasteiger partial charge in [0.15, 0.2) is 12.2 Å². The van der Waals surface area contributed by atoms with Crippen molar-refractivity contribution in [1.82, 2.24) is 0 Å². The molecule has 0 unspecified atom stereocenters. The molecule has 5 atom stereocenters. The lowest BCUT2D eigenvalue weighted by Gasteiger charge is -2.42. The van der Waals surface area contributed by atoms with Crippen LogP contribution in [0.1, 0.15) is 27.7 Å². The molecule has 0 aromatic rings. The predicted octanol–water partition coefficient (Wildman–Crippen LogP) is -0.972. The zero-order valence-corrected chi connectivity index (χ0v) is 13.8. The first-order chi connectivity index (χ1) is 11.1. The summed E-state index contributed by atoms with van der Waals surface area (Å²) in [6.45, 7) is 4.32. The van der Waals surface area contributed by atoms with Crippen LogP contribution >= 0.6 is 0 Å². The van der Waals surface area contributed by atoms with E-state index in [1.54, 1.807) is 0 Å². The van der Waals surface area contributed by atoms with Crippen molar-refractivity contribution in [3.63, 3.8) is 0 Å². The summed E-state index contributed by atoms with van der Waals surface area (Å²) in [5.41, 5.74) is 5.93. The fourth-order valence-corrected chi connectivity index (χ4v) is 2.20. The Labute approximate surface area is 138 Å². The van der Waals surface area contributed by atoms with Crippen molar-refractivity contribution < 1.29 is 42.9 Å². The Morgan fingerprint density at radius 2 is 1.33 bits per heavy atom. The summed E-state index contributed by atoms with van der Waals surface area (Å²) in [5.74, 6) is -2.62. The summed E-state index contributed by atoms with van der Waals surface area (Å²) in [6, 6.07) is -1.10. The van der Waals surface area contributed by atoms with Gasteiger partial charge in [0, 0.05) is 27.7 Å². The van der Waals surface area contributed by atoms with Gasteiger partial charge in [-0.15, -0.1) is 0 Å². The molecule has 0 aliphatic carbocycles. The molecule has 0 bridgehead atoms. The molecule has 0 saturated carbocycles. The van der Waals surface area contributed by atoms with Gasteiger partial charge in [0.2, 0.25) is 6.29 Å². The lowest BCUT2D eigenvalue weighted by Crippen LogP contribution is -2.65. The van der Waals surface area contributed by atoms with Gasteiger partial charge >= 0.3 is 23.9 Å². The predicted molar refractivity (Wildman–Crippen MR) is 76.1 cm³/mol. The molecule has 0 aromatic carbocycles. The summed E-state index contributed by atoms with van der Waals surface area (Å²) < 4.78 is 25.5. The largest absolute Gasteiger partial charge is 0.463 e. The Kier molecular flexibility index (Phi) is 7.11. The Bertz CT molecular complexity index is 490. The normalized spacial score (nSPS) is 29.3. The van der Waals surface area contributed by atoms with E-state index in [4.69, 9.17) is 29.4 Å². The van der Waals surface area contributed by atoms with Crippen LogP contribution in [0, 0.1) is 0 Å². The molecule has 1 fully saturated rings. The van der Waals surface area contributed by atoms with Gasteiger partial charge in [0.05, 0.1) is 0 Å². The maximum absolute atomic E-state index is 11.3. The molecule has 1 aliphatic rings. The monoisotopic (exact) mass is 347 g/mol. The topological polar surface area (TPSA) is 140 Å². The third-order valence-corrected chi connectivity index (χ3v) is 3.03. The number of carbonyl (C=O) groups is 4. The number of nitrogens with two attached hydrogens (primary N) is 1. The number of ether oxygens (including phenoxy) is 5. The molecule has 10 nitrogen and oxygen atoms in total. The molecule has 1 rings (SSSR count). The smallest absolute Gasteiger partial charge is 0.304 e. The minimum Gasteiger partial charge on any atom is -0.463 e. The summed E-state index contributed by atoms with van der Waals surface area (Å²) in [6.07, 6.45) is -4.58. The zero-order valence-electron chi connectivity index (χ0n) is 13.8. The van der Waals surface area contributed by atoms with Crippen LogP contribution in [0.4, 0.5) is 0 Å². The van der Waals surface area contributed by atoms with Crippen LogP contribution < -0.4 is 5.73 Å². The summed E-state index contributed by atoms with van der Waals surface area (Å²) in [4.78, 5) is 44.9. The SMILES string of the molecule is CC(=O)OC[C@@H]1O[C@@H](OC(C)=O)[C@@H](N)[C@H](OC(C)=O)[C@H]1OC(C)=O. The Balaban J connectivity index is 3.08. The highest BCUT2D eigenvalue weighted by Crippen LogP contribution is 2.26. The maximum Gasteiger partial charge on any atom is 0.304 e. The standard InChI is InChI=1S/C14H21NO9/c1-6(16)20-5-10-12(21-7(2)17)13(22-8(3)18)11(15)14(24-10)23-9(4)19/h10-14H,5,15H2,1-4H3/t10-,11-,12-,13-,14+/m0/s1. The highest BCUT2D eigenvalue weighted by Gasteiger charge is 2.50. The van der Waals surface area contributed by atoms with Crippen LogP contribution in [0.25, 0.3) is 0 Å². The van der Waals surface area contributed by atoms with Gasteiger partial charge in [-0.1, -0.05) is 0 Å². The molecule has 10 heteroatoms. The molecule has 0 radical (unpaired) electrons. The molecule has 136 valence electrons. The average Bonchev–Trinajstić information content (AvgIpc) is 2.42. The maximum atomic E-state index is 11.3. The third-order valence-electron chi connectivity index (χ3n) is 3.03. The first kappa shape index (κ1) is 19.8. The summed E-state index contributed by atoms with van der Waals surface area (Å²) in [7, 11) is 0. The summed E-state index contributed by atoms with van der Waals surface area (Å²) in [5, 5.41) is 0. The van der Waals surface area contributed by atoms with Crippen LogP contribution in [0.15, 0.2) is 0 Å². The van der Waals surface area contributed by atoms with E-state index in [1.807, 2.05) is 0 Å². The Morgan fingerprint density at radius 3 is 1.79 bits per heavy atom. The molecule has 0 amide bonds.